The van der Waals surface area contributed by atoms with E-state index in [1.807, 2.05) is 19.9 Å². The molecule has 182 valence electrons. The monoisotopic (exact) mass is 492 g/mol. The van der Waals surface area contributed by atoms with Gasteiger partial charge in [0.05, 0.1) is 12.6 Å². The van der Waals surface area contributed by atoms with Crippen LogP contribution in [0, 0.1) is 5.82 Å². The van der Waals surface area contributed by atoms with Crippen molar-refractivity contribution in [3.05, 3.63) is 75.9 Å². The highest BCUT2D eigenvalue weighted by molar-refractivity contribution is 7.46. The molecule has 0 aliphatic heterocycles. The molecule has 0 unspecified atom stereocenters. The van der Waals surface area contributed by atoms with Crippen LogP contribution in [0.4, 0.5) is 10.1 Å². The molecular weight excluding hydrogens is 466 g/mol. The summed E-state index contributed by atoms with van der Waals surface area (Å²) in [4.78, 5) is 45.6. The first-order valence-corrected chi connectivity index (χ1v) is 12.2. The third kappa shape index (κ3) is 6.74. The molecule has 1 aromatic heterocycles. The second-order valence-electron chi connectivity index (χ2n) is 7.63. The van der Waals surface area contributed by atoms with Crippen molar-refractivity contribution in [2.75, 3.05) is 24.6 Å². The summed E-state index contributed by atoms with van der Waals surface area (Å²) in [6.07, 6.45) is 0.00957. The van der Waals surface area contributed by atoms with Gasteiger partial charge in [0.25, 0.3) is 5.91 Å². The number of carbonyl (C=O) groups is 1. The number of hydrogen-bond acceptors (Lipinski definition) is 6. The van der Waals surface area contributed by atoms with Crippen LogP contribution in [0.25, 0.3) is 11.0 Å². The Kier molecular flexibility index (Phi) is 8.22. The minimum absolute atomic E-state index is 0.00957. The molecule has 9 nitrogen and oxygen atoms in total. The number of phosphoric ester groups is 1. The molecule has 0 radical (unpaired) electrons. The van der Waals surface area contributed by atoms with Gasteiger partial charge >= 0.3 is 13.4 Å². The van der Waals surface area contributed by atoms with E-state index in [-0.39, 0.29) is 12.0 Å². The summed E-state index contributed by atoms with van der Waals surface area (Å²) in [6.45, 7) is 5.01. The lowest BCUT2D eigenvalue weighted by Gasteiger charge is -2.21. The number of benzene rings is 2. The van der Waals surface area contributed by atoms with Gasteiger partial charge in [-0.3, -0.25) is 9.32 Å². The number of hydrogen-bond donors (Lipinski definition) is 3. The molecule has 0 spiro atoms. The Bertz CT molecular complexity index is 1270. The number of nitrogens with one attached hydrogen (secondary N) is 1. The number of rotatable bonds is 10. The van der Waals surface area contributed by atoms with Crippen molar-refractivity contribution in [1.29, 1.82) is 0 Å². The third-order valence-corrected chi connectivity index (χ3v) is 5.73. The van der Waals surface area contributed by atoms with Crippen LogP contribution in [-0.2, 0) is 15.5 Å². The van der Waals surface area contributed by atoms with E-state index in [2.05, 4.69) is 14.7 Å². The lowest BCUT2D eigenvalue weighted by molar-refractivity contribution is 0.0905. The summed E-state index contributed by atoms with van der Waals surface area (Å²) < 4.78 is 34.6. The Balaban J connectivity index is 1.86. The SMILES string of the molecule is CCN(CC)c1ccc2cc(C(=O)N[C@@H](COP(=O)(O)O)Cc3cccc(F)c3)c(=O)oc2c1. The lowest BCUT2D eigenvalue weighted by atomic mass is 10.1. The molecule has 0 aliphatic rings. The van der Waals surface area contributed by atoms with Crippen LogP contribution in [0.2, 0.25) is 0 Å². The van der Waals surface area contributed by atoms with E-state index in [1.54, 1.807) is 18.2 Å². The Hall–Kier alpha value is -3.04. The average molecular weight is 492 g/mol. The van der Waals surface area contributed by atoms with Crippen LogP contribution >= 0.6 is 7.82 Å². The van der Waals surface area contributed by atoms with Crippen molar-refractivity contribution in [2.24, 2.45) is 0 Å². The number of halogens is 1. The van der Waals surface area contributed by atoms with Crippen molar-refractivity contribution in [1.82, 2.24) is 5.32 Å². The van der Waals surface area contributed by atoms with Gasteiger partial charge in [-0.05, 0) is 56.2 Å². The molecule has 3 rings (SSSR count). The second kappa shape index (κ2) is 10.9. The summed E-state index contributed by atoms with van der Waals surface area (Å²) in [5, 5.41) is 3.07. The minimum Gasteiger partial charge on any atom is -0.422 e. The largest absolute Gasteiger partial charge is 0.469 e. The quantitative estimate of drug-likeness (QED) is 0.291. The molecule has 1 amide bonds. The molecule has 0 bridgehead atoms. The zero-order valence-corrected chi connectivity index (χ0v) is 19.6. The van der Waals surface area contributed by atoms with Gasteiger partial charge < -0.3 is 24.4 Å². The van der Waals surface area contributed by atoms with Gasteiger partial charge in [0.15, 0.2) is 0 Å². The Morgan fingerprint density at radius 1 is 1.18 bits per heavy atom. The van der Waals surface area contributed by atoms with Crippen LogP contribution in [0.3, 0.4) is 0 Å². The first-order chi connectivity index (χ1) is 16.1. The summed E-state index contributed by atoms with van der Waals surface area (Å²) in [6, 6.07) is 11.3. The minimum atomic E-state index is -4.82. The fourth-order valence-corrected chi connectivity index (χ4v) is 3.97. The predicted octanol–water partition coefficient (Wildman–Crippen LogP) is 3.23. The fraction of sp³-hybridized carbons (Fsp3) is 0.304. The normalized spacial score (nSPS) is 12.5. The van der Waals surface area contributed by atoms with Gasteiger partial charge in [-0.15, -0.1) is 0 Å². The molecule has 1 atom stereocenters. The van der Waals surface area contributed by atoms with Gasteiger partial charge in [0, 0.05) is 30.2 Å². The van der Waals surface area contributed by atoms with Crippen molar-refractivity contribution in [3.63, 3.8) is 0 Å². The van der Waals surface area contributed by atoms with E-state index >= 15 is 0 Å². The topological polar surface area (TPSA) is 129 Å². The van der Waals surface area contributed by atoms with E-state index in [0.717, 1.165) is 18.8 Å². The van der Waals surface area contributed by atoms with E-state index in [1.165, 1.54) is 24.3 Å². The Morgan fingerprint density at radius 2 is 1.91 bits per heavy atom. The predicted molar refractivity (Wildman–Crippen MR) is 125 cm³/mol. The number of phosphoric acid groups is 1. The van der Waals surface area contributed by atoms with Crippen molar-refractivity contribution >= 4 is 30.4 Å². The van der Waals surface area contributed by atoms with E-state index < -0.39 is 37.8 Å². The average Bonchev–Trinajstić information content (AvgIpc) is 2.77. The molecule has 2 aromatic carbocycles. The zero-order valence-electron chi connectivity index (χ0n) is 18.7. The van der Waals surface area contributed by atoms with Crippen molar-refractivity contribution in [2.45, 2.75) is 26.3 Å². The first kappa shape index (κ1) is 25.6. The number of amides is 1. The van der Waals surface area contributed by atoms with Crippen molar-refractivity contribution in [3.8, 4) is 0 Å². The number of carbonyl (C=O) groups excluding carboxylic acids is 1. The molecule has 0 saturated carbocycles. The van der Waals surface area contributed by atoms with E-state index in [0.29, 0.717) is 16.5 Å². The van der Waals surface area contributed by atoms with E-state index in [9.17, 15) is 18.5 Å². The maximum atomic E-state index is 13.5. The smallest absolute Gasteiger partial charge is 0.422 e. The molecule has 0 aliphatic carbocycles. The Morgan fingerprint density at radius 3 is 2.56 bits per heavy atom. The highest BCUT2D eigenvalue weighted by Gasteiger charge is 2.23. The van der Waals surface area contributed by atoms with Crippen LogP contribution in [0.15, 0.2) is 57.7 Å². The summed E-state index contributed by atoms with van der Waals surface area (Å²) in [5.41, 5.74) is 0.536. The summed E-state index contributed by atoms with van der Waals surface area (Å²) >= 11 is 0. The molecule has 11 heteroatoms. The lowest BCUT2D eigenvalue weighted by Crippen LogP contribution is -2.41. The van der Waals surface area contributed by atoms with Crippen molar-refractivity contribution < 1.29 is 32.5 Å². The fourth-order valence-electron chi connectivity index (χ4n) is 3.59. The maximum absolute atomic E-state index is 13.5. The maximum Gasteiger partial charge on any atom is 0.469 e. The number of anilines is 1. The second-order valence-corrected chi connectivity index (χ2v) is 8.87. The molecule has 0 fully saturated rings. The van der Waals surface area contributed by atoms with Gasteiger partial charge in [-0.2, -0.15) is 0 Å². The summed E-state index contributed by atoms with van der Waals surface area (Å²) in [5.74, 6) is -1.31. The highest BCUT2D eigenvalue weighted by atomic mass is 31.2. The molecule has 1 heterocycles. The van der Waals surface area contributed by atoms with Gasteiger partial charge in [-0.1, -0.05) is 12.1 Å². The Labute approximate surface area is 195 Å². The third-order valence-electron chi connectivity index (χ3n) is 5.24. The van der Waals surface area contributed by atoms with Crippen LogP contribution in [0.1, 0.15) is 29.8 Å². The molecule has 3 N–H and O–H groups in total. The number of nitrogens with zero attached hydrogens (tertiary/aromatic N) is 1. The van der Waals surface area contributed by atoms with Crippen LogP contribution in [-0.4, -0.2) is 41.4 Å². The molecule has 3 aromatic rings. The first-order valence-electron chi connectivity index (χ1n) is 10.7. The summed E-state index contributed by atoms with van der Waals surface area (Å²) in [7, 11) is -4.82. The standard InChI is InChI=1S/C23H26FN2O7P/c1-3-26(4-2)19-9-8-16-12-20(23(28)33-21(16)13-19)22(27)25-18(14-32-34(29,30)31)11-15-6-5-7-17(24)10-15/h5-10,12-13,18H,3-4,11,14H2,1-2H3,(H,25,27)(H2,29,30,31)/t18-/m1/s1. The van der Waals surface area contributed by atoms with Crippen LogP contribution in [0.5, 0.6) is 0 Å². The molecule has 0 saturated heterocycles. The number of fused-ring (bicyclic) bond motifs is 1. The van der Waals surface area contributed by atoms with Crippen LogP contribution < -0.4 is 15.8 Å². The highest BCUT2D eigenvalue weighted by Crippen LogP contribution is 2.35. The van der Waals surface area contributed by atoms with E-state index in [4.69, 9.17) is 14.2 Å². The van der Waals surface area contributed by atoms with Gasteiger partial charge in [-0.25, -0.2) is 13.8 Å². The molecular formula is C23H26FN2O7P. The molecule has 34 heavy (non-hydrogen) atoms. The zero-order chi connectivity index (χ0) is 24.9. The van der Waals surface area contributed by atoms with Gasteiger partial charge in [0.2, 0.25) is 0 Å². The van der Waals surface area contributed by atoms with Gasteiger partial charge in [0.1, 0.15) is 17.0 Å².